The number of hydrogen-bond donors (Lipinski definition) is 1. The normalized spacial score (nSPS) is 16.2. The fraction of sp³-hybridized carbons (Fsp3) is 0.462. The average Bonchev–Trinajstić information content (AvgIpc) is 2.47. The van der Waals surface area contributed by atoms with Gasteiger partial charge in [-0.05, 0) is 12.1 Å². The van der Waals surface area contributed by atoms with Crippen molar-refractivity contribution in [3.05, 3.63) is 34.9 Å². The minimum absolute atomic E-state index is 0. The summed E-state index contributed by atoms with van der Waals surface area (Å²) in [5.74, 6) is -0.717. The fourth-order valence-electron chi connectivity index (χ4n) is 1.99. The van der Waals surface area contributed by atoms with Gasteiger partial charge >= 0.3 is 6.18 Å². The zero-order chi connectivity index (χ0) is 16.3. The topological polar surface area (TPSA) is 41.6 Å². The molecule has 1 aliphatic rings. The molecule has 0 aliphatic carbocycles. The van der Waals surface area contributed by atoms with E-state index in [1.165, 1.54) is 0 Å². The number of thioether (sulfide) groups is 1. The van der Waals surface area contributed by atoms with Crippen molar-refractivity contribution in [1.82, 2.24) is 4.90 Å². The van der Waals surface area contributed by atoms with Crippen molar-refractivity contribution in [3.63, 3.8) is 0 Å². The van der Waals surface area contributed by atoms with Gasteiger partial charge in [0.15, 0.2) is 5.96 Å². The van der Waals surface area contributed by atoms with Crippen molar-refractivity contribution < 1.29 is 22.0 Å². The first kappa shape index (κ1) is 20.3. The summed E-state index contributed by atoms with van der Waals surface area (Å²) in [4.78, 5) is 5.74. The summed E-state index contributed by atoms with van der Waals surface area (Å²) in [6, 6.07) is 0.662. The van der Waals surface area contributed by atoms with Crippen LogP contribution in [0.4, 0.5) is 22.0 Å². The zero-order valence-corrected chi connectivity index (χ0v) is 15.0. The van der Waals surface area contributed by atoms with Gasteiger partial charge in [0.25, 0.3) is 0 Å². The van der Waals surface area contributed by atoms with E-state index in [1.807, 2.05) is 0 Å². The van der Waals surface area contributed by atoms with E-state index >= 15 is 0 Å². The number of alkyl halides is 3. The third-order valence-electron chi connectivity index (χ3n) is 3.19. The molecule has 0 saturated carbocycles. The van der Waals surface area contributed by atoms with Crippen molar-refractivity contribution in [2.24, 2.45) is 10.7 Å². The Bertz CT molecular complexity index is 573. The second-order valence-corrected chi connectivity index (χ2v) is 5.92. The first-order valence-electron chi connectivity index (χ1n) is 6.47. The molecule has 0 spiro atoms. The molecule has 3 nitrogen and oxygen atoms in total. The number of aliphatic imine (C=N–C) groups is 1. The molecule has 0 unspecified atom stereocenters. The van der Waals surface area contributed by atoms with Gasteiger partial charge in [0, 0.05) is 30.2 Å². The highest BCUT2D eigenvalue weighted by Crippen LogP contribution is 2.32. The first-order valence-corrected chi connectivity index (χ1v) is 7.62. The van der Waals surface area contributed by atoms with Crippen LogP contribution in [0.5, 0.6) is 0 Å². The van der Waals surface area contributed by atoms with E-state index in [0.29, 0.717) is 19.2 Å². The maximum Gasteiger partial charge on any atom is 0.419 e. The molecule has 23 heavy (non-hydrogen) atoms. The molecule has 10 heteroatoms. The highest BCUT2D eigenvalue weighted by Gasteiger charge is 2.35. The lowest BCUT2D eigenvalue weighted by Crippen LogP contribution is -2.42. The number of hydrogen-bond acceptors (Lipinski definition) is 2. The van der Waals surface area contributed by atoms with Gasteiger partial charge in [-0.3, -0.25) is 0 Å². The van der Waals surface area contributed by atoms with Gasteiger partial charge in [-0.1, -0.05) is 0 Å². The van der Waals surface area contributed by atoms with Gasteiger partial charge in [0.2, 0.25) is 0 Å². The lowest BCUT2D eigenvalue weighted by Gasteiger charge is -2.27. The summed E-state index contributed by atoms with van der Waals surface area (Å²) < 4.78 is 64.4. The van der Waals surface area contributed by atoms with E-state index in [2.05, 4.69) is 4.99 Å². The lowest BCUT2D eigenvalue weighted by molar-refractivity contribution is -0.140. The molecule has 1 aromatic carbocycles. The van der Waals surface area contributed by atoms with Crippen LogP contribution in [0.2, 0.25) is 0 Å². The van der Waals surface area contributed by atoms with Crippen LogP contribution in [0.15, 0.2) is 17.1 Å². The average molecular weight is 467 g/mol. The number of nitrogens with zero attached hydrogens (tertiary/aromatic N) is 2. The molecule has 2 rings (SSSR count). The van der Waals surface area contributed by atoms with Gasteiger partial charge in [0.05, 0.1) is 12.1 Å². The Kier molecular flexibility index (Phi) is 7.36. The van der Waals surface area contributed by atoms with E-state index < -0.39 is 23.4 Å². The molecule has 0 radical (unpaired) electrons. The second-order valence-electron chi connectivity index (χ2n) is 4.70. The van der Waals surface area contributed by atoms with Crippen LogP contribution in [-0.4, -0.2) is 35.5 Å². The van der Waals surface area contributed by atoms with Gasteiger partial charge in [-0.25, -0.2) is 13.8 Å². The van der Waals surface area contributed by atoms with Crippen molar-refractivity contribution in [3.8, 4) is 0 Å². The lowest BCUT2D eigenvalue weighted by atomic mass is 10.1. The van der Waals surface area contributed by atoms with Crippen molar-refractivity contribution in [2.45, 2.75) is 12.7 Å². The molecule has 0 atom stereocenters. The van der Waals surface area contributed by atoms with E-state index in [1.54, 1.807) is 16.7 Å². The van der Waals surface area contributed by atoms with Gasteiger partial charge < -0.3 is 10.6 Å². The Balaban J connectivity index is 0.00000264. The molecular weight excluding hydrogens is 452 g/mol. The highest BCUT2D eigenvalue weighted by atomic mass is 127. The molecule has 130 valence electrons. The predicted molar refractivity (Wildman–Crippen MR) is 91.0 cm³/mol. The van der Waals surface area contributed by atoms with Gasteiger partial charge in [0.1, 0.15) is 11.6 Å². The largest absolute Gasteiger partial charge is 0.419 e. The molecule has 1 aromatic rings. The Hall–Kier alpha value is -0.780. The molecule has 2 N–H and O–H groups in total. The Morgan fingerprint density at radius 1 is 1.17 bits per heavy atom. The Morgan fingerprint density at radius 3 is 2.35 bits per heavy atom. The van der Waals surface area contributed by atoms with Crippen LogP contribution < -0.4 is 5.73 Å². The minimum Gasteiger partial charge on any atom is -0.370 e. The molecule has 0 bridgehead atoms. The monoisotopic (exact) mass is 467 g/mol. The molecular formula is C13H15F5IN3S. The van der Waals surface area contributed by atoms with Crippen LogP contribution in [-0.2, 0) is 12.7 Å². The maximum absolute atomic E-state index is 13.7. The summed E-state index contributed by atoms with van der Waals surface area (Å²) in [6.07, 6.45) is -4.93. The maximum atomic E-state index is 13.7. The van der Waals surface area contributed by atoms with Crippen LogP contribution in [0, 0.1) is 11.6 Å². The molecule has 0 amide bonds. The van der Waals surface area contributed by atoms with Crippen molar-refractivity contribution in [1.29, 1.82) is 0 Å². The Labute approximate surface area is 151 Å². The fourth-order valence-corrected chi connectivity index (χ4v) is 2.89. The summed E-state index contributed by atoms with van der Waals surface area (Å²) in [7, 11) is 0. The number of nitrogens with two attached hydrogens (primary N) is 1. The van der Waals surface area contributed by atoms with E-state index in [-0.39, 0.29) is 48.1 Å². The van der Waals surface area contributed by atoms with Crippen molar-refractivity contribution >= 4 is 41.7 Å². The third kappa shape index (κ3) is 5.37. The van der Waals surface area contributed by atoms with Crippen molar-refractivity contribution in [2.75, 3.05) is 24.6 Å². The highest BCUT2D eigenvalue weighted by molar-refractivity contribution is 14.0. The van der Waals surface area contributed by atoms with Crippen LogP contribution in [0.1, 0.15) is 11.1 Å². The van der Waals surface area contributed by atoms with E-state index in [4.69, 9.17) is 5.73 Å². The quantitative estimate of drug-likeness (QED) is 0.314. The summed E-state index contributed by atoms with van der Waals surface area (Å²) >= 11 is 1.77. The number of halogens is 6. The minimum atomic E-state index is -4.93. The van der Waals surface area contributed by atoms with Gasteiger partial charge in [-0.2, -0.15) is 24.9 Å². The molecule has 1 saturated heterocycles. The standard InChI is InChI=1S/C13H14F5N3S.HI/c14-10-6-9(13(16,17)18)11(15)5-8(10)7-20-12(19)21-1-3-22-4-2-21;/h5-6H,1-4,7H2,(H2,19,20);1H. The van der Waals surface area contributed by atoms with Gasteiger partial charge in [-0.15, -0.1) is 24.0 Å². The zero-order valence-electron chi connectivity index (χ0n) is 11.9. The summed E-state index contributed by atoms with van der Waals surface area (Å²) in [6.45, 7) is 1.09. The molecule has 1 fully saturated rings. The van der Waals surface area contributed by atoms with Crippen LogP contribution >= 0.6 is 35.7 Å². The summed E-state index contributed by atoms with van der Waals surface area (Å²) in [5, 5.41) is 0. The summed E-state index contributed by atoms with van der Waals surface area (Å²) in [5.41, 5.74) is 3.86. The SMILES string of the molecule is I.NC(=NCc1cc(F)c(C(F)(F)F)cc1F)N1CCSCC1. The molecule has 0 aromatic heterocycles. The smallest absolute Gasteiger partial charge is 0.370 e. The van der Waals surface area contributed by atoms with E-state index in [9.17, 15) is 22.0 Å². The predicted octanol–water partition coefficient (Wildman–Crippen LogP) is 3.47. The number of rotatable bonds is 2. The molecule has 1 aliphatic heterocycles. The number of guanidine groups is 1. The van der Waals surface area contributed by atoms with E-state index in [0.717, 1.165) is 11.5 Å². The van der Waals surface area contributed by atoms with Crippen LogP contribution in [0.25, 0.3) is 0 Å². The third-order valence-corrected chi connectivity index (χ3v) is 4.13. The first-order chi connectivity index (χ1) is 10.3. The molecule has 1 heterocycles. The number of benzene rings is 1. The van der Waals surface area contributed by atoms with Crippen LogP contribution in [0.3, 0.4) is 0 Å². The Morgan fingerprint density at radius 2 is 1.78 bits per heavy atom. The second kappa shape index (κ2) is 8.36.